The molecule has 2 aromatic rings. The first-order valence-corrected chi connectivity index (χ1v) is 7.77. The van der Waals surface area contributed by atoms with Crippen LogP contribution < -0.4 is 15.4 Å². The first-order chi connectivity index (χ1) is 12.1. The summed E-state index contributed by atoms with van der Waals surface area (Å²) < 4.78 is 44.7. The van der Waals surface area contributed by atoms with E-state index in [9.17, 15) is 22.8 Å². The van der Waals surface area contributed by atoms with Gasteiger partial charge in [-0.25, -0.2) is 0 Å². The van der Waals surface area contributed by atoms with Crippen molar-refractivity contribution in [3.05, 3.63) is 53.1 Å². The highest BCUT2D eigenvalue weighted by Crippen LogP contribution is 2.38. The van der Waals surface area contributed by atoms with E-state index in [-0.39, 0.29) is 11.4 Å². The van der Waals surface area contributed by atoms with Gasteiger partial charge in [-0.05, 0) is 37.3 Å². The fourth-order valence-corrected chi connectivity index (χ4v) is 2.60. The maximum absolute atomic E-state index is 13.1. The Labute approximate surface area is 151 Å². The Hall–Kier alpha value is -2.74. The van der Waals surface area contributed by atoms with Crippen molar-refractivity contribution >= 4 is 34.8 Å². The number of anilines is 2. The predicted octanol–water partition coefficient (Wildman–Crippen LogP) is 4.09. The van der Waals surface area contributed by atoms with Gasteiger partial charge in [-0.2, -0.15) is 13.2 Å². The molecule has 5 nitrogen and oxygen atoms in total. The summed E-state index contributed by atoms with van der Waals surface area (Å²) in [5.74, 6) is -1.68. The van der Waals surface area contributed by atoms with Gasteiger partial charge in [0.1, 0.15) is 5.75 Å². The lowest BCUT2D eigenvalue weighted by atomic mass is 10.0. The zero-order chi connectivity index (χ0) is 19.1. The van der Waals surface area contributed by atoms with Crippen LogP contribution in [0, 0.1) is 0 Å². The third kappa shape index (κ3) is 3.20. The minimum absolute atomic E-state index is 0.177. The van der Waals surface area contributed by atoms with Crippen LogP contribution in [0.25, 0.3) is 0 Å². The normalized spacial score (nSPS) is 19.2. The molecule has 1 aliphatic rings. The summed E-state index contributed by atoms with van der Waals surface area (Å²) in [5, 5.41) is 4.95. The molecule has 0 aromatic heterocycles. The molecule has 136 valence electrons. The summed E-state index contributed by atoms with van der Waals surface area (Å²) in [5.41, 5.74) is -3.28. The van der Waals surface area contributed by atoms with Crippen molar-refractivity contribution in [1.29, 1.82) is 0 Å². The van der Waals surface area contributed by atoms with Gasteiger partial charge in [0, 0.05) is 5.02 Å². The second-order valence-electron chi connectivity index (χ2n) is 5.73. The molecule has 0 aliphatic carbocycles. The number of fused-ring (bicyclic) bond motifs is 1. The average Bonchev–Trinajstić information content (AvgIpc) is 2.56. The lowest BCUT2D eigenvalue weighted by molar-refractivity contribution is -0.143. The molecular weight excluding hydrogens is 373 g/mol. The van der Waals surface area contributed by atoms with Crippen LogP contribution in [-0.4, -0.2) is 17.4 Å². The molecule has 0 saturated heterocycles. The number of halogens is 4. The monoisotopic (exact) mass is 384 g/mol. The van der Waals surface area contributed by atoms with Crippen LogP contribution >= 0.6 is 11.6 Å². The molecule has 1 unspecified atom stereocenters. The molecule has 0 bridgehead atoms. The summed E-state index contributed by atoms with van der Waals surface area (Å²) in [6.07, 6.45) is -4.66. The van der Waals surface area contributed by atoms with Crippen molar-refractivity contribution in [2.45, 2.75) is 18.7 Å². The number of carbonyl (C=O) groups excluding carboxylic acids is 2. The highest BCUT2D eigenvalue weighted by atomic mass is 35.5. The van der Waals surface area contributed by atoms with Crippen LogP contribution in [0.4, 0.5) is 24.5 Å². The number of para-hydroxylation sites is 1. The SMILES string of the molecule is CC1(C(=O)Nc2ccccc2C(F)(F)F)Oc2ccc(Cl)cc2NC1=O. The van der Waals surface area contributed by atoms with Gasteiger partial charge in [0.15, 0.2) is 0 Å². The molecule has 0 saturated carbocycles. The van der Waals surface area contributed by atoms with E-state index >= 15 is 0 Å². The summed E-state index contributed by atoms with van der Waals surface area (Å²) >= 11 is 5.83. The zero-order valence-corrected chi connectivity index (χ0v) is 14.0. The summed E-state index contributed by atoms with van der Waals surface area (Å²) in [4.78, 5) is 24.9. The fourth-order valence-electron chi connectivity index (χ4n) is 2.43. The number of carbonyl (C=O) groups is 2. The number of hydrogen-bond donors (Lipinski definition) is 2. The van der Waals surface area contributed by atoms with Crippen LogP contribution in [0.15, 0.2) is 42.5 Å². The molecule has 26 heavy (non-hydrogen) atoms. The maximum Gasteiger partial charge on any atom is 0.418 e. The number of hydrogen-bond acceptors (Lipinski definition) is 3. The second-order valence-corrected chi connectivity index (χ2v) is 6.16. The van der Waals surface area contributed by atoms with E-state index in [1.807, 2.05) is 0 Å². The Morgan fingerprint density at radius 3 is 2.62 bits per heavy atom. The Bertz CT molecular complexity index is 901. The number of nitrogens with one attached hydrogen (secondary N) is 2. The Balaban J connectivity index is 1.91. The van der Waals surface area contributed by atoms with E-state index in [0.29, 0.717) is 5.02 Å². The molecule has 1 aliphatic heterocycles. The van der Waals surface area contributed by atoms with E-state index in [1.165, 1.54) is 37.3 Å². The quantitative estimate of drug-likeness (QED) is 0.766. The third-order valence-electron chi connectivity index (χ3n) is 3.85. The highest BCUT2D eigenvalue weighted by molar-refractivity contribution is 6.31. The third-order valence-corrected chi connectivity index (χ3v) is 4.09. The van der Waals surface area contributed by atoms with E-state index in [2.05, 4.69) is 10.6 Å². The smallest absolute Gasteiger partial charge is 0.418 e. The summed E-state index contributed by atoms with van der Waals surface area (Å²) in [6.45, 7) is 1.17. The van der Waals surface area contributed by atoms with E-state index in [0.717, 1.165) is 12.1 Å². The van der Waals surface area contributed by atoms with E-state index in [4.69, 9.17) is 16.3 Å². The molecule has 2 amide bonds. The standard InChI is InChI=1S/C17H12ClF3N2O3/c1-16(15(25)23-12-8-9(18)6-7-13(12)26-16)14(24)22-11-5-3-2-4-10(11)17(19,20)21/h2-8H,1H3,(H,22,24)(H,23,25). The second kappa shape index (κ2) is 6.21. The van der Waals surface area contributed by atoms with Gasteiger partial charge >= 0.3 is 6.18 Å². The Morgan fingerprint density at radius 2 is 1.92 bits per heavy atom. The van der Waals surface area contributed by atoms with Gasteiger partial charge in [0.25, 0.3) is 17.4 Å². The first kappa shape index (κ1) is 18.1. The zero-order valence-electron chi connectivity index (χ0n) is 13.3. The van der Waals surface area contributed by atoms with Crippen molar-refractivity contribution in [3.8, 4) is 5.75 Å². The van der Waals surface area contributed by atoms with Crippen molar-refractivity contribution in [3.63, 3.8) is 0 Å². The topological polar surface area (TPSA) is 67.4 Å². The van der Waals surface area contributed by atoms with Crippen LogP contribution in [0.2, 0.25) is 5.02 Å². The first-order valence-electron chi connectivity index (χ1n) is 7.39. The van der Waals surface area contributed by atoms with Crippen molar-refractivity contribution in [2.24, 2.45) is 0 Å². The van der Waals surface area contributed by atoms with Gasteiger partial charge in [0.05, 0.1) is 16.9 Å². The van der Waals surface area contributed by atoms with Gasteiger partial charge in [-0.1, -0.05) is 23.7 Å². The van der Waals surface area contributed by atoms with Crippen molar-refractivity contribution < 1.29 is 27.5 Å². The number of ether oxygens (including phenoxy) is 1. The molecule has 2 aromatic carbocycles. The Kier molecular flexibility index (Phi) is 4.31. The molecule has 0 spiro atoms. The molecule has 3 rings (SSSR count). The lowest BCUT2D eigenvalue weighted by Gasteiger charge is -2.33. The minimum Gasteiger partial charge on any atom is -0.466 e. The minimum atomic E-state index is -4.66. The Morgan fingerprint density at radius 1 is 1.23 bits per heavy atom. The van der Waals surface area contributed by atoms with Crippen LogP contribution in [0.3, 0.4) is 0 Å². The van der Waals surface area contributed by atoms with Crippen LogP contribution in [-0.2, 0) is 15.8 Å². The predicted molar refractivity (Wildman–Crippen MR) is 89.2 cm³/mol. The molecule has 0 radical (unpaired) electrons. The van der Waals surface area contributed by atoms with E-state index < -0.39 is 34.8 Å². The number of amides is 2. The lowest BCUT2D eigenvalue weighted by Crippen LogP contribution is -2.56. The van der Waals surface area contributed by atoms with Gasteiger partial charge in [0.2, 0.25) is 0 Å². The largest absolute Gasteiger partial charge is 0.466 e. The van der Waals surface area contributed by atoms with Crippen molar-refractivity contribution in [1.82, 2.24) is 0 Å². The molecule has 1 atom stereocenters. The molecule has 9 heteroatoms. The van der Waals surface area contributed by atoms with Gasteiger partial charge in [-0.3, -0.25) is 9.59 Å². The fraction of sp³-hybridized carbons (Fsp3) is 0.176. The maximum atomic E-state index is 13.1. The van der Waals surface area contributed by atoms with E-state index in [1.54, 1.807) is 0 Å². The number of alkyl halides is 3. The molecule has 0 fully saturated rings. The molecular formula is C17H12ClF3N2O3. The molecule has 2 N–H and O–H groups in total. The van der Waals surface area contributed by atoms with Crippen LogP contribution in [0.1, 0.15) is 12.5 Å². The van der Waals surface area contributed by atoms with Gasteiger partial charge in [-0.15, -0.1) is 0 Å². The number of rotatable bonds is 2. The molecule has 1 heterocycles. The average molecular weight is 385 g/mol. The highest BCUT2D eigenvalue weighted by Gasteiger charge is 2.48. The van der Waals surface area contributed by atoms with Gasteiger partial charge < -0.3 is 15.4 Å². The summed E-state index contributed by atoms with van der Waals surface area (Å²) in [7, 11) is 0. The van der Waals surface area contributed by atoms with Crippen LogP contribution in [0.5, 0.6) is 5.75 Å². The van der Waals surface area contributed by atoms with Crippen molar-refractivity contribution in [2.75, 3.05) is 10.6 Å². The number of benzene rings is 2. The summed E-state index contributed by atoms with van der Waals surface area (Å²) in [6, 6.07) is 8.85.